The molecule has 28 heavy (non-hydrogen) atoms. The largest absolute Gasteiger partial charge is 0.496 e. The standard InChI is InChI=1S/C23H28N2O3/c1-28-21-8-3-2-7-18(21)15-9-11-16(12-10-15)22-19(25-20(22)14-26)13-24-23(27)17-5-4-6-17/h2-3,7-12,17,19-20,22,25-26H,4-6,13-14H2,1H3,(H,24,27)/t19-,20-,22-/m1/s1. The number of rotatable bonds is 7. The van der Waals surface area contributed by atoms with Crippen LogP contribution in [0.15, 0.2) is 48.5 Å². The minimum Gasteiger partial charge on any atom is -0.496 e. The molecule has 1 aliphatic heterocycles. The zero-order valence-electron chi connectivity index (χ0n) is 16.2. The van der Waals surface area contributed by atoms with Gasteiger partial charge in [0.1, 0.15) is 5.75 Å². The molecule has 3 N–H and O–H groups in total. The van der Waals surface area contributed by atoms with Crippen molar-refractivity contribution < 1.29 is 14.6 Å². The average Bonchev–Trinajstić information content (AvgIpc) is 2.66. The van der Waals surface area contributed by atoms with Crippen molar-refractivity contribution in [1.82, 2.24) is 10.6 Å². The maximum atomic E-state index is 12.1. The highest BCUT2D eigenvalue weighted by Gasteiger charge is 2.41. The third-order valence-electron chi connectivity index (χ3n) is 6.18. The lowest BCUT2D eigenvalue weighted by Crippen LogP contribution is -2.65. The van der Waals surface area contributed by atoms with E-state index in [1.54, 1.807) is 7.11 Å². The van der Waals surface area contributed by atoms with E-state index < -0.39 is 0 Å². The molecule has 0 radical (unpaired) electrons. The van der Waals surface area contributed by atoms with Crippen molar-refractivity contribution in [2.45, 2.75) is 37.3 Å². The number of carbonyl (C=O) groups is 1. The molecule has 1 saturated carbocycles. The summed E-state index contributed by atoms with van der Waals surface area (Å²) in [5.74, 6) is 1.42. The van der Waals surface area contributed by atoms with Crippen LogP contribution in [0.4, 0.5) is 0 Å². The lowest BCUT2D eigenvalue weighted by atomic mass is 9.77. The summed E-state index contributed by atoms with van der Waals surface area (Å²) in [6.45, 7) is 0.691. The van der Waals surface area contributed by atoms with Gasteiger partial charge in [0, 0.05) is 36.0 Å². The Kier molecular flexibility index (Phi) is 5.64. The first kappa shape index (κ1) is 19.0. The summed E-state index contributed by atoms with van der Waals surface area (Å²) >= 11 is 0. The number of para-hydroxylation sites is 1. The fourth-order valence-electron chi connectivity index (χ4n) is 4.25. The van der Waals surface area contributed by atoms with Gasteiger partial charge in [-0.3, -0.25) is 4.79 Å². The second-order valence-electron chi connectivity index (χ2n) is 7.78. The zero-order valence-corrected chi connectivity index (χ0v) is 16.2. The first-order valence-electron chi connectivity index (χ1n) is 10.1. The normalized spacial score (nSPS) is 24.1. The summed E-state index contributed by atoms with van der Waals surface area (Å²) in [5.41, 5.74) is 3.34. The van der Waals surface area contributed by atoms with Gasteiger partial charge in [0.25, 0.3) is 0 Å². The highest BCUT2D eigenvalue weighted by atomic mass is 16.5. The number of aliphatic hydroxyl groups excluding tert-OH is 1. The Labute approximate surface area is 166 Å². The van der Waals surface area contributed by atoms with Gasteiger partial charge < -0.3 is 20.5 Å². The smallest absolute Gasteiger partial charge is 0.223 e. The Morgan fingerprint density at radius 1 is 1.14 bits per heavy atom. The fourth-order valence-corrected chi connectivity index (χ4v) is 4.25. The third kappa shape index (κ3) is 3.64. The van der Waals surface area contributed by atoms with Crippen LogP contribution in [0.5, 0.6) is 5.75 Å². The SMILES string of the molecule is COc1ccccc1-c1ccc([C@H]2[C@@H](CO)N[C@@H]2CNC(=O)C2CCC2)cc1. The van der Waals surface area contributed by atoms with Gasteiger partial charge in [0.2, 0.25) is 5.91 Å². The van der Waals surface area contributed by atoms with E-state index >= 15 is 0 Å². The van der Waals surface area contributed by atoms with Crippen molar-refractivity contribution >= 4 is 5.91 Å². The number of aliphatic hydroxyl groups is 1. The Morgan fingerprint density at radius 2 is 1.89 bits per heavy atom. The molecule has 2 aromatic carbocycles. The van der Waals surface area contributed by atoms with Crippen molar-refractivity contribution in [3.8, 4) is 16.9 Å². The topological polar surface area (TPSA) is 70.6 Å². The van der Waals surface area contributed by atoms with Crippen LogP contribution in [0.3, 0.4) is 0 Å². The van der Waals surface area contributed by atoms with E-state index in [1.165, 1.54) is 5.56 Å². The van der Waals surface area contributed by atoms with Gasteiger partial charge in [-0.1, -0.05) is 48.9 Å². The molecule has 2 aromatic rings. The van der Waals surface area contributed by atoms with Crippen molar-refractivity contribution in [1.29, 1.82) is 0 Å². The number of carbonyl (C=O) groups excluding carboxylic acids is 1. The molecule has 0 bridgehead atoms. The van der Waals surface area contributed by atoms with Crippen molar-refractivity contribution in [2.75, 3.05) is 20.3 Å². The van der Waals surface area contributed by atoms with Gasteiger partial charge >= 0.3 is 0 Å². The van der Waals surface area contributed by atoms with E-state index in [-0.39, 0.29) is 36.4 Å². The summed E-state index contributed by atoms with van der Waals surface area (Å²) in [7, 11) is 1.68. The molecule has 1 heterocycles. The van der Waals surface area contributed by atoms with Crippen LogP contribution in [-0.2, 0) is 4.79 Å². The molecule has 1 amide bonds. The highest BCUT2D eigenvalue weighted by molar-refractivity contribution is 5.79. The van der Waals surface area contributed by atoms with E-state index in [9.17, 15) is 9.90 Å². The lowest BCUT2D eigenvalue weighted by Gasteiger charge is -2.46. The van der Waals surface area contributed by atoms with Crippen LogP contribution in [0.25, 0.3) is 11.1 Å². The minimum atomic E-state index is 0.0303. The minimum absolute atomic E-state index is 0.0303. The van der Waals surface area contributed by atoms with Crippen LogP contribution in [-0.4, -0.2) is 43.4 Å². The van der Waals surface area contributed by atoms with E-state index in [0.717, 1.165) is 36.1 Å². The van der Waals surface area contributed by atoms with Crippen LogP contribution in [0, 0.1) is 5.92 Å². The van der Waals surface area contributed by atoms with Crippen LogP contribution >= 0.6 is 0 Å². The van der Waals surface area contributed by atoms with E-state index in [2.05, 4.69) is 34.9 Å². The van der Waals surface area contributed by atoms with E-state index in [0.29, 0.717) is 6.54 Å². The molecule has 0 spiro atoms. The number of amides is 1. The van der Waals surface area contributed by atoms with Gasteiger partial charge in [-0.15, -0.1) is 0 Å². The van der Waals surface area contributed by atoms with Crippen molar-refractivity contribution in [2.24, 2.45) is 5.92 Å². The van der Waals surface area contributed by atoms with Crippen molar-refractivity contribution in [3.63, 3.8) is 0 Å². The van der Waals surface area contributed by atoms with E-state index in [4.69, 9.17) is 4.74 Å². The second kappa shape index (κ2) is 8.33. The van der Waals surface area contributed by atoms with Crippen LogP contribution in [0.2, 0.25) is 0 Å². The summed E-state index contributed by atoms with van der Waals surface area (Å²) in [5, 5.41) is 16.2. The molecule has 2 fully saturated rings. The molecule has 148 valence electrons. The molecule has 2 aliphatic rings. The quantitative estimate of drug-likeness (QED) is 0.691. The van der Waals surface area contributed by atoms with Gasteiger partial charge in [-0.2, -0.15) is 0 Å². The molecule has 5 nitrogen and oxygen atoms in total. The monoisotopic (exact) mass is 380 g/mol. The number of ether oxygens (including phenoxy) is 1. The number of benzene rings is 2. The molecule has 1 saturated heterocycles. The fraction of sp³-hybridized carbons (Fsp3) is 0.435. The summed E-state index contributed by atoms with van der Waals surface area (Å²) in [6, 6.07) is 16.6. The van der Waals surface area contributed by atoms with Gasteiger partial charge in [0.05, 0.1) is 13.7 Å². The number of methoxy groups -OCH3 is 1. The lowest BCUT2D eigenvalue weighted by molar-refractivity contribution is -0.127. The molecular formula is C23H28N2O3. The van der Waals surface area contributed by atoms with Crippen molar-refractivity contribution in [3.05, 3.63) is 54.1 Å². The first-order valence-corrected chi connectivity index (χ1v) is 10.1. The predicted octanol–water partition coefficient (Wildman–Crippen LogP) is 2.69. The Hall–Kier alpha value is -2.37. The molecule has 5 heteroatoms. The highest BCUT2D eigenvalue weighted by Crippen LogP contribution is 2.35. The summed E-state index contributed by atoms with van der Waals surface area (Å²) in [4.78, 5) is 12.1. The number of nitrogens with one attached hydrogen (secondary N) is 2. The van der Waals surface area contributed by atoms with Gasteiger partial charge in [-0.05, 0) is 30.0 Å². The molecule has 0 aromatic heterocycles. The van der Waals surface area contributed by atoms with Crippen LogP contribution < -0.4 is 15.4 Å². The molecule has 0 unspecified atom stereocenters. The maximum absolute atomic E-state index is 12.1. The van der Waals surface area contributed by atoms with Crippen LogP contribution in [0.1, 0.15) is 30.7 Å². The summed E-state index contributed by atoms with van der Waals surface area (Å²) in [6.07, 6.45) is 3.18. The average molecular weight is 380 g/mol. The molecule has 3 atom stereocenters. The first-order chi connectivity index (χ1) is 13.7. The number of hydrogen-bond acceptors (Lipinski definition) is 4. The maximum Gasteiger partial charge on any atom is 0.223 e. The predicted molar refractivity (Wildman–Crippen MR) is 109 cm³/mol. The third-order valence-corrected chi connectivity index (χ3v) is 6.18. The Morgan fingerprint density at radius 3 is 2.54 bits per heavy atom. The van der Waals surface area contributed by atoms with E-state index in [1.807, 2.05) is 24.3 Å². The summed E-state index contributed by atoms with van der Waals surface area (Å²) < 4.78 is 5.47. The number of hydrogen-bond donors (Lipinski definition) is 3. The molecular weight excluding hydrogens is 352 g/mol. The van der Waals surface area contributed by atoms with Gasteiger partial charge in [0.15, 0.2) is 0 Å². The molecule has 4 rings (SSSR count). The Balaban J connectivity index is 1.45. The Bertz CT molecular complexity index is 817. The molecule has 1 aliphatic carbocycles. The second-order valence-corrected chi connectivity index (χ2v) is 7.78. The van der Waals surface area contributed by atoms with Gasteiger partial charge in [-0.25, -0.2) is 0 Å². The zero-order chi connectivity index (χ0) is 19.5.